The molecular formula is C15H24N2O2. The molecule has 106 valence electrons. The third-order valence-corrected chi connectivity index (χ3v) is 2.92. The minimum atomic E-state index is -0.934. The summed E-state index contributed by atoms with van der Waals surface area (Å²) >= 11 is 0. The third-order valence-electron chi connectivity index (χ3n) is 2.92. The van der Waals surface area contributed by atoms with Crippen LogP contribution in [0.25, 0.3) is 0 Å². The first-order valence-corrected chi connectivity index (χ1v) is 6.44. The van der Waals surface area contributed by atoms with Gasteiger partial charge in [-0.25, -0.2) is 0 Å². The van der Waals surface area contributed by atoms with Crippen LogP contribution < -0.4 is 5.32 Å². The average molecular weight is 264 g/mol. The van der Waals surface area contributed by atoms with Gasteiger partial charge < -0.3 is 15.3 Å². The molecular weight excluding hydrogens is 240 g/mol. The van der Waals surface area contributed by atoms with Gasteiger partial charge in [-0.2, -0.15) is 0 Å². The topological polar surface area (TPSA) is 52.6 Å². The number of likely N-dealkylation sites (N-methyl/N-ethyl adjacent to an activating group) is 1. The molecule has 1 aromatic rings. The van der Waals surface area contributed by atoms with Gasteiger partial charge in [-0.15, -0.1) is 0 Å². The van der Waals surface area contributed by atoms with Crippen molar-refractivity contribution in [3.63, 3.8) is 0 Å². The first-order chi connectivity index (χ1) is 8.71. The van der Waals surface area contributed by atoms with Crippen LogP contribution in [0.4, 0.5) is 0 Å². The number of amides is 1. The maximum absolute atomic E-state index is 12.1. The van der Waals surface area contributed by atoms with E-state index in [1.807, 2.05) is 51.0 Å². The Morgan fingerprint density at radius 1 is 1.37 bits per heavy atom. The minimum absolute atomic E-state index is 0.139. The van der Waals surface area contributed by atoms with Crippen molar-refractivity contribution in [3.8, 4) is 0 Å². The fraction of sp³-hybridized carbons (Fsp3) is 0.533. The lowest BCUT2D eigenvalue weighted by Crippen LogP contribution is -2.47. The van der Waals surface area contributed by atoms with Crippen molar-refractivity contribution >= 4 is 5.91 Å². The van der Waals surface area contributed by atoms with Crippen LogP contribution in [-0.2, 0) is 0 Å². The number of carbonyl (C=O) groups excluding carboxylic acids is 1. The van der Waals surface area contributed by atoms with E-state index in [0.717, 1.165) is 11.1 Å². The van der Waals surface area contributed by atoms with E-state index in [2.05, 4.69) is 5.32 Å². The van der Waals surface area contributed by atoms with Gasteiger partial charge >= 0.3 is 0 Å². The fourth-order valence-corrected chi connectivity index (χ4v) is 2.08. The Bertz CT molecular complexity index is 453. The van der Waals surface area contributed by atoms with Gasteiger partial charge in [-0.05, 0) is 46.5 Å². The van der Waals surface area contributed by atoms with Crippen LogP contribution in [0.2, 0.25) is 0 Å². The van der Waals surface area contributed by atoms with E-state index in [1.165, 1.54) is 0 Å². The first-order valence-electron chi connectivity index (χ1n) is 6.44. The summed E-state index contributed by atoms with van der Waals surface area (Å²) in [7, 11) is 3.78. The molecule has 4 nitrogen and oxygen atoms in total. The Hall–Kier alpha value is -1.39. The van der Waals surface area contributed by atoms with Crippen molar-refractivity contribution < 1.29 is 9.90 Å². The number of carbonyl (C=O) groups is 1. The smallest absolute Gasteiger partial charge is 0.251 e. The van der Waals surface area contributed by atoms with Crippen molar-refractivity contribution in [2.45, 2.75) is 26.4 Å². The molecule has 0 aromatic heterocycles. The van der Waals surface area contributed by atoms with Crippen LogP contribution in [0, 0.1) is 13.8 Å². The van der Waals surface area contributed by atoms with Gasteiger partial charge in [0.25, 0.3) is 5.91 Å². The van der Waals surface area contributed by atoms with E-state index < -0.39 is 5.60 Å². The van der Waals surface area contributed by atoms with E-state index >= 15 is 0 Å². The van der Waals surface area contributed by atoms with Crippen LogP contribution in [0.5, 0.6) is 0 Å². The second-order valence-corrected chi connectivity index (χ2v) is 5.74. The second kappa shape index (κ2) is 6.17. The van der Waals surface area contributed by atoms with Crippen molar-refractivity contribution in [1.29, 1.82) is 0 Å². The summed E-state index contributed by atoms with van der Waals surface area (Å²) in [6.45, 7) is 6.32. The van der Waals surface area contributed by atoms with Gasteiger partial charge in [0.15, 0.2) is 0 Å². The Labute approximate surface area is 115 Å². The zero-order valence-corrected chi connectivity index (χ0v) is 12.4. The maximum atomic E-state index is 12.1. The number of hydrogen-bond donors (Lipinski definition) is 2. The van der Waals surface area contributed by atoms with E-state index in [0.29, 0.717) is 12.1 Å². The average Bonchev–Trinajstić information content (AvgIpc) is 2.27. The number of aryl methyl sites for hydroxylation is 2. The van der Waals surface area contributed by atoms with E-state index in [9.17, 15) is 9.90 Å². The number of nitrogens with zero attached hydrogens (tertiary/aromatic N) is 1. The first kappa shape index (κ1) is 15.7. The summed E-state index contributed by atoms with van der Waals surface area (Å²) in [5, 5.41) is 12.9. The van der Waals surface area contributed by atoms with Gasteiger partial charge in [-0.3, -0.25) is 4.79 Å². The SMILES string of the molecule is Cc1ccc(C)c(C(=O)NCC(C)(O)CN(C)C)c1. The molecule has 0 aliphatic carbocycles. The molecule has 1 aromatic carbocycles. The molecule has 2 N–H and O–H groups in total. The molecule has 0 fully saturated rings. The molecule has 0 radical (unpaired) electrons. The molecule has 0 bridgehead atoms. The molecule has 0 aliphatic rings. The number of hydrogen-bond acceptors (Lipinski definition) is 3. The predicted octanol–water partition coefficient (Wildman–Crippen LogP) is 1.35. The van der Waals surface area contributed by atoms with Crippen LogP contribution in [0.15, 0.2) is 18.2 Å². The number of rotatable bonds is 5. The van der Waals surface area contributed by atoms with Crippen molar-refractivity contribution in [2.24, 2.45) is 0 Å². The number of benzene rings is 1. The zero-order valence-electron chi connectivity index (χ0n) is 12.4. The van der Waals surface area contributed by atoms with Gasteiger partial charge in [0.2, 0.25) is 0 Å². The molecule has 0 saturated heterocycles. The number of nitrogens with one attached hydrogen (secondary N) is 1. The molecule has 4 heteroatoms. The van der Waals surface area contributed by atoms with Gasteiger partial charge in [0.1, 0.15) is 0 Å². The zero-order chi connectivity index (χ0) is 14.6. The van der Waals surface area contributed by atoms with Crippen LogP contribution >= 0.6 is 0 Å². The summed E-state index contributed by atoms with van der Waals surface area (Å²) in [6.07, 6.45) is 0. The highest BCUT2D eigenvalue weighted by Gasteiger charge is 2.22. The summed E-state index contributed by atoms with van der Waals surface area (Å²) in [5.74, 6) is -0.139. The van der Waals surface area contributed by atoms with Gasteiger partial charge in [-0.1, -0.05) is 17.7 Å². The molecule has 1 rings (SSSR count). The molecule has 1 amide bonds. The summed E-state index contributed by atoms with van der Waals surface area (Å²) < 4.78 is 0. The largest absolute Gasteiger partial charge is 0.387 e. The van der Waals surface area contributed by atoms with E-state index in [-0.39, 0.29) is 12.5 Å². The standard InChI is InChI=1S/C15H24N2O2/c1-11-6-7-12(2)13(8-11)14(18)16-9-15(3,19)10-17(4)5/h6-8,19H,9-10H2,1-5H3,(H,16,18). The van der Waals surface area contributed by atoms with E-state index in [4.69, 9.17) is 0 Å². The van der Waals surface area contributed by atoms with Crippen LogP contribution in [-0.4, -0.2) is 48.7 Å². The van der Waals surface area contributed by atoms with Crippen molar-refractivity contribution in [1.82, 2.24) is 10.2 Å². The highest BCUT2D eigenvalue weighted by molar-refractivity contribution is 5.95. The molecule has 1 unspecified atom stereocenters. The molecule has 0 saturated carbocycles. The van der Waals surface area contributed by atoms with Crippen molar-refractivity contribution in [3.05, 3.63) is 34.9 Å². The normalized spacial score (nSPS) is 14.3. The fourth-order valence-electron chi connectivity index (χ4n) is 2.08. The number of aliphatic hydroxyl groups is 1. The van der Waals surface area contributed by atoms with Crippen LogP contribution in [0.3, 0.4) is 0 Å². The quantitative estimate of drug-likeness (QED) is 0.844. The van der Waals surface area contributed by atoms with Gasteiger partial charge in [0.05, 0.1) is 5.60 Å². The molecule has 0 heterocycles. The maximum Gasteiger partial charge on any atom is 0.251 e. The summed E-state index contributed by atoms with van der Waals surface area (Å²) in [6, 6.07) is 5.78. The molecule has 0 aliphatic heterocycles. The summed E-state index contributed by atoms with van der Waals surface area (Å²) in [5.41, 5.74) is 1.73. The highest BCUT2D eigenvalue weighted by atomic mass is 16.3. The second-order valence-electron chi connectivity index (χ2n) is 5.74. The summed E-state index contributed by atoms with van der Waals surface area (Å²) in [4.78, 5) is 14.0. The highest BCUT2D eigenvalue weighted by Crippen LogP contribution is 2.11. The lowest BCUT2D eigenvalue weighted by atomic mass is 10.0. The Balaban J connectivity index is 2.68. The Kier molecular flexibility index (Phi) is 5.09. The third kappa shape index (κ3) is 5.01. The van der Waals surface area contributed by atoms with Crippen LogP contribution in [0.1, 0.15) is 28.4 Å². The van der Waals surface area contributed by atoms with Crippen molar-refractivity contribution in [2.75, 3.05) is 27.2 Å². The predicted molar refractivity (Wildman–Crippen MR) is 77.4 cm³/mol. The lowest BCUT2D eigenvalue weighted by molar-refractivity contribution is 0.0326. The molecule has 19 heavy (non-hydrogen) atoms. The monoisotopic (exact) mass is 264 g/mol. The Morgan fingerprint density at radius 3 is 2.58 bits per heavy atom. The molecule has 1 atom stereocenters. The Morgan fingerprint density at radius 2 is 2.00 bits per heavy atom. The lowest BCUT2D eigenvalue weighted by Gasteiger charge is -2.27. The van der Waals surface area contributed by atoms with E-state index in [1.54, 1.807) is 6.92 Å². The van der Waals surface area contributed by atoms with Gasteiger partial charge in [0, 0.05) is 18.7 Å². The molecule has 0 spiro atoms. The minimum Gasteiger partial charge on any atom is -0.387 e.